The van der Waals surface area contributed by atoms with E-state index in [1.165, 1.54) is 5.56 Å². The van der Waals surface area contributed by atoms with Crippen LogP contribution >= 0.6 is 0 Å². The molecule has 1 saturated heterocycles. The fraction of sp³-hybridized carbons (Fsp3) is 0.421. The van der Waals surface area contributed by atoms with Gasteiger partial charge in [-0.05, 0) is 66.3 Å². The van der Waals surface area contributed by atoms with Gasteiger partial charge in [0.2, 0.25) is 0 Å². The predicted octanol–water partition coefficient (Wildman–Crippen LogP) is 3.62. The zero-order chi connectivity index (χ0) is 16.2. The maximum atomic E-state index is 10.7. The summed E-state index contributed by atoms with van der Waals surface area (Å²) in [5.74, 6) is 0.0970. The monoisotopic (exact) mass is 313 g/mol. The SMILES string of the molecule is O=C(O)CC[C@H]1CCCN(Cc2ccc3cc(O)ccc3c2)C1. The first-order valence-electron chi connectivity index (χ1n) is 8.26. The molecule has 1 aliphatic heterocycles. The largest absolute Gasteiger partial charge is 0.508 e. The van der Waals surface area contributed by atoms with Crippen LogP contribution in [0.1, 0.15) is 31.2 Å². The number of rotatable bonds is 5. The number of hydrogen-bond acceptors (Lipinski definition) is 3. The van der Waals surface area contributed by atoms with Crippen molar-refractivity contribution in [2.45, 2.75) is 32.2 Å². The van der Waals surface area contributed by atoms with E-state index >= 15 is 0 Å². The fourth-order valence-electron chi connectivity index (χ4n) is 3.50. The summed E-state index contributed by atoms with van der Waals surface area (Å²) in [5.41, 5.74) is 1.27. The number of benzene rings is 2. The maximum Gasteiger partial charge on any atom is 0.303 e. The molecule has 0 radical (unpaired) electrons. The Labute approximate surface area is 136 Å². The number of fused-ring (bicyclic) bond motifs is 1. The Morgan fingerprint density at radius 1 is 1.17 bits per heavy atom. The van der Waals surface area contributed by atoms with Gasteiger partial charge < -0.3 is 10.2 Å². The topological polar surface area (TPSA) is 60.8 Å². The van der Waals surface area contributed by atoms with Gasteiger partial charge in [0, 0.05) is 19.5 Å². The van der Waals surface area contributed by atoms with Crippen LogP contribution in [0.15, 0.2) is 36.4 Å². The minimum atomic E-state index is -0.695. The van der Waals surface area contributed by atoms with Gasteiger partial charge in [0.05, 0.1) is 0 Å². The average Bonchev–Trinajstić information content (AvgIpc) is 2.53. The highest BCUT2D eigenvalue weighted by molar-refractivity contribution is 5.84. The summed E-state index contributed by atoms with van der Waals surface area (Å²) in [4.78, 5) is 13.2. The number of piperidine rings is 1. The summed E-state index contributed by atoms with van der Waals surface area (Å²) < 4.78 is 0. The van der Waals surface area contributed by atoms with Gasteiger partial charge in [-0.2, -0.15) is 0 Å². The lowest BCUT2D eigenvalue weighted by molar-refractivity contribution is -0.137. The van der Waals surface area contributed by atoms with Crippen LogP contribution in [0.4, 0.5) is 0 Å². The summed E-state index contributed by atoms with van der Waals surface area (Å²) in [5, 5.41) is 20.5. The molecule has 4 nitrogen and oxygen atoms in total. The molecule has 0 aromatic heterocycles. The molecule has 1 heterocycles. The molecule has 0 amide bonds. The van der Waals surface area contributed by atoms with Gasteiger partial charge in [-0.25, -0.2) is 0 Å². The molecule has 4 heteroatoms. The highest BCUT2D eigenvalue weighted by Crippen LogP contribution is 2.25. The molecule has 1 atom stereocenters. The van der Waals surface area contributed by atoms with Crippen molar-refractivity contribution in [3.8, 4) is 5.75 Å². The molecule has 0 spiro atoms. The van der Waals surface area contributed by atoms with E-state index in [-0.39, 0.29) is 6.42 Å². The number of carboxylic acid groups (broad SMARTS) is 1. The minimum Gasteiger partial charge on any atom is -0.508 e. The Morgan fingerprint density at radius 3 is 2.78 bits per heavy atom. The van der Waals surface area contributed by atoms with Crippen molar-refractivity contribution in [3.05, 3.63) is 42.0 Å². The molecule has 2 aromatic rings. The summed E-state index contributed by atoms with van der Waals surface area (Å²) in [6.07, 6.45) is 3.34. The van der Waals surface area contributed by atoms with E-state index in [0.29, 0.717) is 11.7 Å². The van der Waals surface area contributed by atoms with E-state index < -0.39 is 5.97 Å². The van der Waals surface area contributed by atoms with Crippen molar-refractivity contribution in [1.82, 2.24) is 4.90 Å². The van der Waals surface area contributed by atoms with Crippen LogP contribution in [0.3, 0.4) is 0 Å². The molecule has 2 aromatic carbocycles. The maximum absolute atomic E-state index is 10.7. The smallest absolute Gasteiger partial charge is 0.303 e. The van der Waals surface area contributed by atoms with Crippen molar-refractivity contribution < 1.29 is 15.0 Å². The van der Waals surface area contributed by atoms with Gasteiger partial charge in [0.25, 0.3) is 0 Å². The van der Waals surface area contributed by atoms with Crippen molar-refractivity contribution in [2.24, 2.45) is 5.92 Å². The van der Waals surface area contributed by atoms with Crippen LogP contribution in [0.25, 0.3) is 10.8 Å². The highest BCUT2D eigenvalue weighted by Gasteiger charge is 2.20. The first kappa shape index (κ1) is 15.8. The number of nitrogens with zero attached hydrogens (tertiary/aromatic N) is 1. The van der Waals surface area contributed by atoms with E-state index in [0.717, 1.165) is 49.7 Å². The normalized spacial score (nSPS) is 19.0. The lowest BCUT2D eigenvalue weighted by Gasteiger charge is -2.32. The van der Waals surface area contributed by atoms with Crippen molar-refractivity contribution in [2.75, 3.05) is 13.1 Å². The van der Waals surface area contributed by atoms with Crippen molar-refractivity contribution in [3.63, 3.8) is 0 Å². The molecule has 1 fully saturated rings. The first-order chi connectivity index (χ1) is 11.1. The average molecular weight is 313 g/mol. The third-order valence-electron chi connectivity index (χ3n) is 4.66. The first-order valence-corrected chi connectivity index (χ1v) is 8.26. The quantitative estimate of drug-likeness (QED) is 0.885. The van der Waals surface area contributed by atoms with Gasteiger partial charge >= 0.3 is 5.97 Å². The molecule has 0 aliphatic carbocycles. The van der Waals surface area contributed by atoms with E-state index in [4.69, 9.17) is 5.11 Å². The van der Waals surface area contributed by atoms with Gasteiger partial charge in [-0.3, -0.25) is 9.69 Å². The summed E-state index contributed by atoms with van der Waals surface area (Å²) in [7, 11) is 0. The van der Waals surface area contributed by atoms with Crippen LogP contribution in [-0.4, -0.2) is 34.2 Å². The molecule has 23 heavy (non-hydrogen) atoms. The number of aromatic hydroxyl groups is 1. The van der Waals surface area contributed by atoms with Crippen LogP contribution in [0, 0.1) is 5.92 Å². The second-order valence-corrected chi connectivity index (χ2v) is 6.54. The second-order valence-electron chi connectivity index (χ2n) is 6.54. The molecule has 0 bridgehead atoms. The Morgan fingerprint density at radius 2 is 1.96 bits per heavy atom. The summed E-state index contributed by atoms with van der Waals surface area (Å²) in [6, 6.07) is 11.8. The van der Waals surface area contributed by atoms with Crippen LogP contribution < -0.4 is 0 Å². The summed E-state index contributed by atoms with van der Waals surface area (Å²) >= 11 is 0. The van der Waals surface area contributed by atoms with Crippen LogP contribution in [0.5, 0.6) is 5.75 Å². The molecule has 3 rings (SSSR count). The zero-order valence-corrected chi connectivity index (χ0v) is 13.2. The number of carboxylic acids is 1. The van der Waals surface area contributed by atoms with Crippen LogP contribution in [0.2, 0.25) is 0 Å². The Hall–Kier alpha value is -2.07. The lowest BCUT2D eigenvalue weighted by atomic mass is 9.93. The van der Waals surface area contributed by atoms with Crippen molar-refractivity contribution >= 4 is 16.7 Å². The van der Waals surface area contributed by atoms with Gasteiger partial charge in [-0.15, -0.1) is 0 Å². The van der Waals surface area contributed by atoms with Gasteiger partial charge in [0.1, 0.15) is 5.75 Å². The number of phenolic OH excluding ortho intramolecular Hbond substituents is 1. The molecule has 2 N–H and O–H groups in total. The standard InChI is InChI=1S/C19H23NO3/c21-18-7-6-16-10-15(3-5-17(16)11-18)13-20-9-1-2-14(12-20)4-8-19(22)23/h3,5-7,10-11,14,21H,1-2,4,8-9,12-13H2,(H,22,23)/t14-/m1/s1. The minimum absolute atomic E-state index is 0.276. The van der Waals surface area contributed by atoms with Crippen molar-refractivity contribution in [1.29, 1.82) is 0 Å². The highest BCUT2D eigenvalue weighted by atomic mass is 16.4. The van der Waals surface area contributed by atoms with Gasteiger partial charge in [-0.1, -0.05) is 18.2 Å². The zero-order valence-electron chi connectivity index (χ0n) is 13.2. The van der Waals surface area contributed by atoms with Gasteiger partial charge in [0.15, 0.2) is 0 Å². The third kappa shape index (κ3) is 4.23. The number of phenols is 1. The lowest BCUT2D eigenvalue weighted by Crippen LogP contribution is -2.35. The summed E-state index contributed by atoms with van der Waals surface area (Å²) in [6.45, 7) is 2.97. The van der Waals surface area contributed by atoms with E-state index in [1.54, 1.807) is 12.1 Å². The predicted molar refractivity (Wildman–Crippen MR) is 90.5 cm³/mol. The molecular formula is C19H23NO3. The Kier molecular flexibility index (Phi) is 4.82. The molecule has 122 valence electrons. The van der Waals surface area contributed by atoms with Crippen LogP contribution in [-0.2, 0) is 11.3 Å². The number of carbonyl (C=O) groups is 1. The fourth-order valence-corrected chi connectivity index (χ4v) is 3.50. The van der Waals surface area contributed by atoms with E-state index in [1.807, 2.05) is 6.07 Å². The second kappa shape index (κ2) is 7.01. The Balaban J connectivity index is 1.64. The Bertz CT molecular complexity index is 698. The molecular weight excluding hydrogens is 290 g/mol. The van der Waals surface area contributed by atoms with E-state index in [9.17, 15) is 9.90 Å². The third-order valence-corrected chi connectivity index (χ3v) is 4.66. The number of likely N-dealkylation sites (tertiary alicyclic amines) is 1. The molecule has 1 aliphatic rings. The number of aliphatic carboxylic acids is 1. The number of hydrogen-bond donors (Lipinski definition) is 2. The van der Waals surface area contributed by atoms with E-state index in [2.05, 4.69) is 23.1 Å². The molecule has 0 saturated carbocycles. The molecule has 0 unspecified atom stereocenters.